The van der Waals surface area contributed by atoms with Crippen molar-refractivity contribution >= 4 is 5.97 Å². The van der Waals surface area contributed by atoms with Crippen LogP contribution in [0.5, 0.6) is 0 Å². The molecule has 1 saturated heterocycles. The summed E-state index contributed by atoms with van der Waals surface area (Å²) in [5.74, 6) is 0.678. The van der Waals surface area contributed by atoms with Gasteiger partial charge >= 0.3 is 5.97 Å². The fraction of sp³-hybridized carbons (Fsp3) is 0.750. The Bertz CT molecular complexity index is 557. The van der Waals surface area contributed by atoms with E-state index in [4.69, 9.17) is 9.84 Å². The molecule has 3 nitrogen and oxygen atoms in total. The molecule has 1 spiro atoms. The van der Waals surface area contributed by atoms with Crippen molar-refractivity contribution in [2.45, 2.75) is 65.9 Å². The van der Waals surface area contributed by atoms with Gasteiger partial charge in [-0.3, -0.25) is 4.79 Å². The van der Waals surface area contributed by atoms with Gasteiger partial charge in [0.1, 0.15) is 6.10 Å². The lowest BCUT2D eigenvalue weighted by molar-refractivity contribution is -0.192. The molecule has 1 N–H and O–H groups in total. The third-order valence-electron chi connectivity index (χ3n) is 6.82. The van der Waals surface area contributed by atoms with Gasteiger partial charge in [0.15, 0.2) is 0 Å². The third kappa shape index (κ3) is 2.48. The minimum Gasteiger partial charge on any atom is -0.457 e. The minimum absolute atomic E-state index is 0.000170. The van der Waals surface area contributed by atoms with Gasteiger partial charge in [0, 0.05) is 0 Å². The number of cyclic esters (lactones) is 1. The summed E-state index contributed by atoms with van der Waals surface area (Å²) in [5.41, 5.74) is 2.20. The predicted molar refractivity (Wildman–Crippen MR) is 90.8 cm³/mol. The van der Waals surface area contributed by atoms with Crippen molar-refractivity contribution in [3.8, 4) is 0 Å². The van der Waals surface area contributed by atoms with Gasteiger partial charge in [-0.25, -0.2) is 0 Å². The summed E-state index contributed by atoms with van der Waals surface area (Å²) in [6.45, 7) is 8.78. The Balaban J connectivity index is 2.01. The number of carbonyl (C=O) groups is 1. The summed E-state index contributed by atoms with van der Waals surface area (Å²) in [4.78, 5) is 13.2. The molecule has 0 bridgehead atoms. The van der Waals surface area contributed by atoms with Crippen LogP contribution >= 0.6 is 0 Å². The van der Waals surface area contributed by atoms with Gasteiger partial charge in [-0.2, -0.15) is 0 Å². The van der Waals surface area contributed by atoms with Crippen LogP contribution in [0.2, 0.25) is 0 Å². The van der Waals surface area contributed by atoms with Gasteiger partial charge in [0.2, 0.25) is 0 Å². The van der Waals surface area contributed by atoms with E-state index < -0.39 is 0 Å². The minimum atomic E-state index is -0.323. The Labute approximate surface area is 139 Å². The Hall–Kier alpha value is -1.09. The van der Waals surface area contributed by atoms with E-state index in [-0.39, 0.29) is 35.4 Å². The van der Waals surface area contributed by atoms with Crippen LogP contribution in [-0.2, 0) is 9.53 Å². The monoisotopic (exact) mass is 318 g/mol. The van der Waals surface area contributed by atoms with Crippen molar-refractivity contribution in [1.82, 2.24) is 0 Å². The van der Waals surface area contributed by atoms with Crippen LogP contribution < -0.4 is 0 Å². The molecule has 1 aliphatic heterocycles. The first-order valence-electron chi connectivity index (χ1n) is 8.98. The van der Waals surface area contributed by atoms with Crippen LogP contribution in [-0.4, -0.2) is 23.8 Å². The predicted octanol–water partition coefficient (Wildman–Crippen LogP) is 4.02. The van der Waals surface area contributed by atoms with Crippen molar-refractivity contribution in [2.24, 2.45) is 22.7 Å². The van der Waals surface area contributed by atoms with E-state index in [1.807, 2.05) is 6.92 Å². The molecule has 2 fully saturated rings. The molecule has 0 amide bonds. The molecule has 0 radical (unpaired) electrons. The van der Waals surface area contributed by atoms with Crippen LogP contribution in [0.1, 0.15) is 59.8 Å². The quantitative estimate of drug-likeness (QED) is 0.618. The molecule has 23 heavy (non-hydrogen) atoms. The highest BCUT2D eigenvalue weighted by atomic mass is 16.5. The smallest absolute Gasteiger partial charge is 0.313 e. The Kier molecular flexibility index (Phi) is 4.20. The van der Waals surface area contributed by atoms with Crippen LogP contribution in [0.3, 0.4) is 0 Å². The topological polar surface area (TPSA) is 46.5 Å². The summed E-state index contributed by atoms with van der Waals surface area (Å²) in [5, 5.41) is 9.14. The highest BCUT2D eigenvalue weighted by Gasteiger charge is 2.62. The molecule has 3 heteroatoms. The second-order valence-corrected chi connectivity index (χ2v) is 8.43. The lowest BCUT2D eigenvalue weighted by Crippen LogP contribution is -2.59. The van der Waals surface area contributed by atoms with Gasteiger partial charge in [-0.1, -0.05) is 38.0 Å². The fourth-order valence-electron chi connectivity index (χ4n) is 5.52. The molecule has 3 rings (SSSR count). The first-order chi connectivity index (χ1) is 10.8. The highest BCUT2D eigenvalue weighted by Crippen LogP contribution is 2.63. The average Bonchev–Trinajstić information content (AvgIpc) is 2.48. The Morgan fingerprint density at radius 1 is 1.43 bits per heavy atom. The largest absolute Gasteiger partial charge is 0.457 e. The van der Waals surface area contributed by atoms with Gasteiger partial charge in [-0.05, 0) is 62.4 Å². The maximum absolute atomic E-state index is 13.2. The molecule has 2 aliphatic carbocycles. The molecule has 0 aromatic rings. The van der Waals surface area contributed by atoms with E-state index in [9.17, 15) is 4.79 Å². The number of carbonyl (C=O) groups excluding carboxylic acids is 1. The molecule has 1 heterocycles. The second-order valence-electron chi connectivity index (χ2n) is 8.43. The molecular formula is C20H30O3. The van der Waals surface area contributed by atoms with E-state index in [0.717, 1.165) is 31.3 Å². The van der Waals surface area contributed by atoms with Crippen LogP contribution in [0.15, 0.2) is 23.3 Å². The van der Waals surface area contributed by atoms with Crippen molar-refractivity contribution in [3.63, 3.8) is 0 Å². The van der Waals surface area contributed by atoms with Crippen LogP contribution in [0.25, 0.3) is 0 Å². The maximum atomic E-state index is 13.2. The number of hydrogen-bond donors (Lipinski definition) is 1. The summed E-state index contributed by atoms with van der Waals surface area (Å²) < 4.78 is 5.93. The summed E-state index contributed by atoms with van der Waals surface area (Å²) in [6, 6.07) is 0. The first kappa shape index (κ1) is 16.8. The van der Waals surface area contributed by atoms with Crippen molar-refractivity contribution in [3.05, 3.63) is 23.3 Å². The zero-order valence-electron chi connectivity index (χ0n) is 14.9. The van der Waals surface area contributed by atoms with Crippen molar-refractivity contribution in [1.29, 1.82) is 0 Å². The third-order valence-corrected chi connectivity index (χ3v) is 6.82. The number of aliphatic hydroxyl groups excluding tert-OH is 1. The number of aliphatic hydroxyl groups is 1. The number of ether oxygens (including phenoxy) is 1. The van der Waals surface area contributed by atoms with Gasteiger partial charge in [0.05, 0.1) is 12.0 Å². The number of hydrogen-bond acceptors (Lipinski definition) is 3. The normalized spacial score (nSPS) is 39.9. The van der Waals surface area contributed by atoms with E-state index in [1.165, 1.54) is 12.0 Å². The first-order valence-corrected chi connectivity index (χ1v) is 8.98. The maximum Gasteiger partial charge on any atom is 0.313 e. The molecule has 128 valence electrons. The molecule has 4 atom stereocenters. The lowest BCUT2D eigenvalue weighted by atomic mass is 9.46. The molecule has 1 saturated carbocycles. The number of allylic oxidation sites excluding steroid dienone is 2. The van der Waals surface area contributed by atoms with E-state index in [2.05, 4.69) is 26.8 Å². The molecular weight excluding hydrogens is 288 g/mol. The summed E-state index contributed by atoms with van der Waals surface area (Å²) >= 11 is 0. The van der Waals surface area contributed by atoms with Gasteiger partial charge < -0.3 is 9.84 Å². The molecule has 3 aliphatic rings. The van der Waals surface area contributed by atoms with Gasteiger partial charge in [0.25, 0.3) is 0 Å². The second kappa shape index (κ2) is 5.77. The number of esters is 1. The van der Waals surface area contributed by atoms with Crippen molar-refractivity contribution in [2.75, 3.05) is 6.61 Å². The van der Waals surface area contributed by atoms with E-state index in [0.29, 0.717) is 5.92 Å². The Morgan fingerprint density at radius 3 is 2.87 bits per heavy atom. The lowest BCUT2D eigenvalue weighted by Gasteiger charge is -2.58. The Morgan fingerprint density at radius 2 is 2.17 bits per heavy atom. The number of rotatable bonds is 2. The van der Waals surface area contributed by atoms with E-state index in [1.54, 1.807) is 6.08 Å². The molecule has 1 unspecified atom stereocenters. The highest BCUT2D eigenvalue weighted by molar-refractivity contribution is 5.80. The van der Waals surface area contributed by atoms with Crippen LogP contribution in [0.4, 0.5) is 0 Å². The zero-order chi connectivity index (χ0) is 16.8. The fourth-order valence-corrected chi connectivity index (χ4v) is 5.52. The van der Waals surface area contributed by atoms with Crippen molar-refractivity contribution < 1.29 is 14.6 Å². The van der Waals surface area contributed by atoms with E-state index >= 15 is 0 Å². The summed E-state index contributed by atoms with van der Waals surface area (Å²) in [7, 11) is 0. The van der Waals surface area contributed by atoms with Crippen LogP contribution in [0, 0.1) is 22.7 Å². The molecule has 0 aromatic carbocycles. The average molecular weight is 318 g/mol. The standard InChI is InChI=1S/C20H30O3/c1-13-6-7-17-19(3,4)9-5-10-20(17)15(13)12-16(23-18(20)22)14(2)8-11-21/h6,8,15-17,21H,5,7,9-12H2,1-4H3/t15-,16?,17-,20-/m0/s1. The zero-order valence-corrected chi connectivity index (χ0v) is 14.9. The summed E-state index contributed by atoms with van der Waals surface area (Å²) in [6.07, 6.45) is 9.07. The van der Waals surface area contributed by atoms with Gasteiger partial charge in [-0.15, -0.1) is 0 Å². The SMILES string of the molecule is CC(=CCO)C1C[C@H]2C(C)=CC[C@H]3C(C)(C)CCC[C@]23C(=O)O1. The molecule has 0 aromatic heterocycles.